The first-order valence-corrected chi connectivity index (χ1v) is 7.31. The zero-order valence-corrected chi connectivity index (χ0v) is 12.9. The van der Waals surface area contributed by atoms with Crippen LogP contribution >= 0.6 is 0 Å². The molecule has 1 N–H and O–H groups in total. The third-order valence-electron chi connectivity index (χ3n) is 3.76. The third-order valence-corrected chi connectivity index (χ3v) is 3.76. The second-order valence-electron chi connectivity index (χ2n) is 5.38. The van der Waals surface area contributed by atoms with Crippen molar-refractivity contribution in [1.29, 1.82) is 0 Å². The molecule has 0 saturated carbocycles. The van der Waals surface area contributed by atoms with Gasteiger partial charge in [0.2, 0.25) is 0 Å². The van der Waals surface area contributed by atoms with Crippen LogP contribution in [0.2, 0.25) is 0 Å². The summed E-state index contributed by atoms with van der Waals surface area (Å²) in [5.74, 6) is 0.415. The van der Waals surface area contributed by atoms with Crippen molar-refractivity contribution in [2.24, 2.45) is 0 Å². The van der Waals surface area contributed by atoms with Crippen molar-refractivity contribution in [2.75, 3.05) is 11.9 Å². The Kier molecular flexibility index (Phi) is 3.97. The zero-order chi connectivity index (χ0) is 16.4. The summed E-state index contributed by atoms with van der Waals surface area (Å²) in [5, 5.41) is 2.85. The summed E-state index contributed by atoms with van der Waals surface area (Å²) >= 11 is 0. The highest BCUT2D eigenvalue weighted by Crippen LogP contribution is 2.33. The van der Waals surface area contributed by atoms with E-state index in [-0.39, 0.29) is 11.8 Å². The Morgan fingerprint density at radius 1 is 1.30 bits per heavy atom. The lowest BCUT2D eigenvalue weighted by Gasteiger charge is -2.30. The Morgan fingerprint density at radius 3 is 2.78 bits per heavy atom. The molecule has 1 atom stereocenters. The smallest absolute Gasteiger partial charge is 0.267 e. The van der Waals surface area contributed by atoms with Crippen molar-refractivity contribution in [3.05, 3.63) is 53.9 Å². The molecule has 6 heteroatoms. The van der Waals surface area contributed by atoms with Gasteiger partial charge in [-0.1, -0.05) is 6.07 Å². The van der Waals surface area contributed by atoms with E-state index in [1.807, 2.05) is 18.2 Å². The van der Waals surface area contributed by atoms with E-state index in [0.29, 0.717) is 23.5 Å². The predicted molar refractivity (Wildman–Crippen MR) is 85.3 cm³/mol. The average molecular weight is 311 g/mol. The van der Waals surface area contributed by atoms with E-state index >= 15 is 0 Å². The molecule has 3 rings (SSSR count). The highest BCUT2D eigenvalue weighted by molar-refractivity contribution is 5.99. The minimum absolute atomic E-state index is 0.0875. The molecule has 1 aliphatic rings. The van der Waals surface area contributed by atoms with Crippen molar-refractivity contribution in [3.8, 4) is 5.75 Å². The fourth-order valence-corrected chi connectivity index (χ4v) is 2.45. The van der Waals surface area contributed by atoms with Gasteiger partial charge in [-0.05, 0) is 36.8 Å². The normalized spacial score (nSPS) is 16.5. The molecule has 0 aliphatic carbocycles. The number of carbonyl (C=O) groups is 2. The Hall–Kier alpha value is -2.89. The SMILES string of the molecule is CC1Oc2ccc(CNC(=O)c3ccncc3)cc2N(C)C1=O. The summed E-state index contributed by atoms with van der Waals surface area (Å²) in [6.07, 6.45) is 2.67. The number of nitrogens with zero attached hydrogens (tertiary/aromatic N) is 2. The lowest BCUT2D eigenvalue weighted by atomic mass is 10.1. The molecule has 23 heavy (non-hydrogen) atoms. The Labute approximate surface area is 134 Å². The summed E-state index contributed by atoms with van der Waals surface area (Å²) in [4.78, 5) is 29.5. The first-order chi connectivity index (χ1) is 11.1. The van der Waals surface area contributed by atoms with E-state index in [1.165, 1.54) is 0 Å². The van der Waals surface area contributed by atoms with E-state index in [2.05, 4.69) is 10.3 Å². The van der Waals surface area contributed by atoms with Gasteiger partial charge in [-0.2, -0.15) is 0 Å². The molecule has 0 saturated heterocycles. The quantitative estimate of drug-likeness (QED) is 0.937. The van der Waals surface area contributed by atoms with Crippen molar-refractivity contribution in [3.63, 3.8) is 0 Å². The summed E-state index contributed by atoms with van der Waals surface area (Å²) in [5.41, 5.74) is 2.16. The van der Waals surface area contributed by atoms with Crippen molar-refractivity contribution in [1.82, 2.24) is 10.3 Å². The van der Waals surface area contributed by atoms with Crippen LogP contribution in [0.15, 0.2) is 42.7 Å². The minimum Gasteiger partial charge on any atom is -0.479 e. The van der Waals surface area contributed by atoms with Crippen LogP contribution in [0.1, 0.15) is 22.8 Å². The maximum absolute atomic E-state index is 12.0. The van der Waals surface area contributed by atoms with Gasteiger partial charge in [0.15, 0.2) is 6.10 Å². The molecule has 0 bridgehead atoms. The minimum atomic E-state index is -0.482. The highest BCUT2D eigenvalue weighted by atomic mass is 16.5. The van der Waals surface area contributed by atoms with Gasteiger partial charge >= 0.3 is 0 Å². The Bertz CT molecular complexity index is 746. The van der Waals surface area contributed by atoms with Crippen molar-refractivity contribution >= 4 is 17.5 Å². The van der Waals surface area contributed by atoms with E-state index in [9.17, 15) is 9.59 Å². The number of nitrogens with one attached hydrogen (secondary N) is 1. The number of anilines is 1. The molecular weight excluding hydrogens is 294 g/mol. The molecule has 0 fully saturated rings. The molecule has 1 aliphatic heterocycles. The molecule has 1 unspecified atom stereocenters. The fourth-order valence-electron chi connectivity index (χ4n) is 2.45. The molecule has 2 heterocycles. The molecule has 118 valence electrons. The average Bonchev–Trinajstić information content (AvgIpc) is 2.59. The summed E-state index contributed by atoms with van der Waals surface area (Å²) in [6, 6.07) is 8.87. The molecule has 0 spiro atoms. The number of benzene rings is 1. The van der Waals surface area contributed by atoms with Crippen molar-refractivity contribution < 1.29 is 14.3 Å². The van der Waals surface area contributed by atoms with Crippen LogP contribution in [-0.2, 0) is 11.3 Å². The number of amides is 2. The van der Waals surface area contributed by atoms with Crippen LogP contribution in [0.3, 0.4) is 0 Å². The second kappa shape index (κ2) is 6.08. The standard InChI is InChI=1S/C17H17N3O3/c1-11-17(22)20(2)14-9-12(3-4-15(14)23-11)10-19-16(21)13-5-7-18-8-6-13/h3-9,11H,10H2,1-2H3,(H,19,21). The largest absolute Gasteiger partial charge is 0.479 e. The van der Waals surface area contributed by atoms with E-state index in [0.717, 1.165) is 5.56 Å². The van der Waals surface area contributed by atoms with Crippen LogP contribution < -0.4 is 15.0 Å². The number of aromatic nitrogens is 1. The topological polar surface area (TPSA) is 71.5 Å². The van der Waals surface area contributed by atoms with Crippen LogP contribution in [0, 0.1) is 0 Å². The number of fused-ring (bicyclic) bond motifs is 1. The molecule has 2 amide bonds. The van der Waals surface area contributed by atoms with Crippen LogP contribution in [0.25, 0.3) is 0 Å². The lowest BCUT2D eigenvalue weighted by Crippen LogP contribution is -2.42. The second-order valence-corrected chi connectivity index (χ2v) is 5.38. The maximum Gasteiger partial charge on any atom is 0.267 e. The molecular formula is C17H17N3O3. The predicted octanol–water partition coefficient (Wildman–Crippen LogP) is 1.76. The summed E-state index contributed by atoms with van der Waals surface area (Å²) in [6.45, 7) is 2.09. The van der Waals surface area contributed by atoms with Gasteiger partial charge in [0.05, 0.1) is 5.69 Å². The number of rotatable bonds is 3. The number of hydrogen-bond donors (Lipinski definition) is 1. The van der Waals surface area contributed by atoms with E-state index in [1.54, 1.807) is 43.4 Å². The zero-order valence-electron chi connectivity index (χ0n) is 12.9. The molecule has 0 radical (unpaired) electrons. The molecule has 1 aromatic carbocycles. The summed E-state index contributed by atoms with van der Waals surface area (Å²) < 4.78 is 5.58. The van der Waals surface area contributed by atoms with E-state index in [4.69, 9.17) is 4.74 Å². The van der Waals surface area contributed by atoms with Gasteiger partial charge in [0.25, 0.3) is 11.8 Å². The fraction of sp³-hybridized carbons (Fsp3) is 0.235. The number of ether oxygens (including phenoxy) is 1. The summed E-state index contributed by atoms with van der Waals surface area (Å²) in [7, 11) is 1.72. The number of carbonyl (C=O) groups excluding carboxylic acids is 2. The van der Waals surface area contributed by atoms with Crippen molar-refractivity contribution in [2.45, 2.75) is 19.6 Å². The van der Waals surface area contributed by atoms with Gasteiger partial charge in [-0.3, -0.25) is 14.6 Å². The maximum atomic E-state index is 12.0. The van der Waals surface area contributed by atoms with Gasteiger partial charge in [0, 0.05) is 31.5 Å². The molecule has 6 nitrogen and oxygen atoms in total. The van der Waals surface area contributed by atoms with Gasteiger partial charge in [-0.15, -0.1) is 0 Å². The lowest BCUT2D eigenvalue weighted by molar-refractivity contribution is -0.125. The van der Waals surface area contributed by atoms with Gasteiger partial charge < -0.3 is 15.0 Å². The number of pyridine rings is 1. The monoisotopic (exact) mass is 311 g/mol. The Morgan fingerprint density at radius 2 is 2.04 bits per heavy atom. The Balaban J connectivity index is 1.73. The third kappa shape index (κ3) is 3.01. The molecule has 1 aromatic heterocycles. The molecule has 2 aromatic rings. The van der Waals surface area contributed by atoms with Crippen LogP contribution in [0.5, 0.6) is 5.75 Å². The van der Waals surface area contributed by atoms with E-state index < -0.39 is 6.10 Å². The van der Waals surface area contributed by atoms with Gasteiger partial charge in [-0.25, -0.2) is 0 Å². The first kappa shape index (κ1) is 15.0. The van der Waals surface area contributed by atoms with Gasteiger partial charge in [0.1, 0.15) is 5.75 Å². The number of likely N-dealkylation sites (N-methyl/N-ethyl adjacent to an activating group) is 1. The van der Waals surface area contributed by atoms with Crippen LogP contribution in [0.4, 0.5) is 5.69 Å². The highest BCUT2D eigenvalue weighted by Gasteiger charge is 2.28. The first-order valence-electron chi connectivity index (χ1n) is 7.31. The van der Waals surface area contributed by atoms with Crippen LogP contribution in [-0.4, -0.2) is 29.9 Å². The number of hydrogen-bond acceptors (Lipinski definition) is 4.